The molecule has 0 saturated carbocycles. The van der Waals surface area contributed by atoms with Gasteiger partial charge in [-0.25, -0.2) is 4.79 Å². The lowest BCUT2D eigenvalue weighted by Crippen LogP contribution is -2.51. The van der Waals surface area contributed by atoms with Crippen LogP contribution in [-0.2, 0) is 14.3 Å². The number of piperidine rings is 1. The van der Waals surface area contributed by atoms with Gasteiger partial charge >= 0.3 is 5.97 Å². The largest absolute Gasteiger partial charge is 0.486 e. The lowest BCUT2D eigenvalue weighted by Gasteiger charge is -2.36. The van der Waals surface area contributed by atoms with Crippen LogP contribution in [0.15, 0.2) is 18.2 Å². The summed E-state index contributed by atoms with van der Waals surface area (Å²) in [5.74, 6) is 1.31. The van der Waals surface area contributed by atoms with Crippen LogP contribution in [0.2, 0.25) is 0 Å². The Labute approximate surface area is 171 Å². The molecule has 7 heteroatoms. The molecule has 0 N–H and O–H groups in total. The fourth-order valence-electron chi connectivity index (χ4n) is 4.64. The van der Waals surface area contributed by atoms with E-state index in [0.717, 1.165) is 49.3 Å². The van der Waals surface area contributed by atoms with Crippen molar-refractivity contribution in [2.75, 3.05) is 39.5 Å². The number of fused-ring (bicyclic) bond motifs is 1. The van der Waals surface area contributed by atoms with Crippen molar-refractivity contribution < 1.29 is 23.8 Å². The van der Waals surface area contributed by atoms with Gasteiger partial charge in [0.05, 0.1) is 13.2 Å². The number of likely N-dealkylation sites (tertiary alicyclic amines) is 2. The van der Waals surface area contributed by atoms with Crippen LogP contribution < -0.4 is 9.47 Å². The number of rotatable bonds is 5. The van der Waals surface area contributed by atoms with Crippen LogP contribution in [0, 0.1) is 0 Å². The summed E-state index contributed by atoms with van der Waals surface area (Å²) < 4.78 is 16.6. The van der Waals surface area contributed by atoms with Gasteiger partial charge < -0.3 is 19.1 Å². The Bertz CT molecular complexity index is 753. The van der Waals surface area contributed by atoms with Gasteiger partial charge in [-0.1, -0.05) is 6.07 Å². The smallest absolute Gasteiger partial charge is 0.328 e. The summed E-state index contributed by atoms with van der Waals surface area (Å²) >= 11 is 0. The van der Waals surface area contributed by atoms with Gasteiger partial charge in [0.1, 0.15) is 19.3 Å². The molecule has 0 bridgehead atoms. The number of carbonyl (C=O) groups excluding carboxylic acids is 2. The van der Waals surface area contributed by atoms with Crippen LogP contribution in [0.1, 0.15) is 50.6 Å². The fraction of sp³-hybridized carbons (Fsp3) is 0.636. The Hall–Kier alpha value is -2.28. The predicted molar refractivity (Wildman–Crippen MR) is 107 cm³/mol. The number of ether oxygens (including phenoxy) is 3. The number of carbonyl (C=O) groups is 2. The van der Waals surface area contributed by atoms with Crippen molar-refractivity contribution in [2.45, 2.75) is 51.1 Å². The number of benzene rings is 1. The minimum absolute atomic E-state index is 0.0206. The molecule has 158 valence electrons. The van der Waals surface area contributed by atoms with Gasteiger partial charge in [-0.2, -0.15) is 0 Å². The number of esters is 1. The van der Waals surface area contributed by atoms with E-state index in [-0.39, 0.29) is 17.9 Å². The number of hydrogen-bond acceptors (Lipinski definition) is 6. The average molecular weight is 402 g/mol. The summed E-state index contributed by atoms with van der Waals surface area (Å²) in [6.07, 6.45) is 4.64. The molecule has 0 aliphatic carbocycles. The number of hydrogen-bond donors (Lipinski definition) is 0. The molecular weight excluding hydrogens is 372 g/mol. The summed E-state index contributed by atoms with van der Waals surface area (Å²) in [5.41, 5.74) is 1.15. The molecule has 0 unspecified atom stereocenters. The monoisotopic (exact) mass is 402 g/mol. The molecule has 4 rings (SSSR count). The third-order valence-corrected chi connectivity index (χ3v) is 6.03. The molecule has 1 amide bonds. The Kier molecular flexibility index (Phi) is 6.23. The van der Waals surface area contributed by atoms with E-state index in [4.69, 9.17) is 14.2 Å². The standard InChI is InChI=1S/C22H30N2O5/c1-2-27-22(26)18-6-3-4-11-24(18)21(25)15-23-10-5-7-17(23)16-8-9-19-20(14-16)29-13-12-28-19/h8-9,14,17-18H,2-7,10-13,15H2,1H3/t17-,18-/m0/s1. The highest BCUT2D eigenvalue weighted by atomic mass is 16.6. The van der Waals surface area contributed by atoms with Crippen LogP contribution in [-0.4, -0.2) is 67.2 Å². The van der Waals surface area contributed by atoms with Crippen molar-refractivity contribution in [3.05, 3.63) is 23.8 Å². The van der Waals surface area contributed by atoms with E-state index in [1.54, 1.807) is 11.8 Å². The zero-order valence-electron chi connectivity index (χ0n) is 17.1. The number of amides is 1. The first kappa shape index (κ1) is 20.0. The van der Waals surface area contributed by atoms with Gasteiger partial charge in [0.15, 0.2) is 11.5 Å². The van der Waals surface area contributed by atoms with E-state index in [0.29, 0.717) is 39.3 Å². The highest BCUT2D eigenvalue weighted by Gasteiger charge is 2.36. The molecule has 2 saturated heterocycles. The molecule has 1 aromatic rings. The highest BCUT2D eigenvalue weighted by molar-refractivity contribution is 5.86. The van der Waals surface area contributed by atoms with Crippen LogP contribution in [0.3, 0.4) is 0 Å². The molecule has 2 fully saturated rings. The fourth-order valence-corrected chi connectivity index (χ4v) is 4.64. The second-order valence-electron chi connectivity index (χ2n) is 7.88. The molecule has 3 heterocycles. The van der Waals surface area contributed by atoms with Crippen molar-refractivity contribution >= 4 is 11.9 Å². The lowest BCUT2D eigenvalue weighted by molar-refractivity contribution is -0.157. The van der Waals surface area contributed by atoms with Crippen molar-refractivity contribution in [3.63, 3.8) is 0 Å². The summed E-state index contributed by atoms with van der Waals surface area (Å²) in [5, 5.41) is 0. The van der Waals surface area contributed by atoms with Crippen LogP contribution in [0.5, 0.6) is 11.5 Å². The molecule has 3 aliphatic heterocycles. The third-order valence-electron chi connectivity index (χ3n) is 6.03. The quantitative estimate of drug-likeness (QED) is 0.705. The van der Waals surface area contributed by atoms with Crippen molar-refractivity contribution in [1.29, 1.82) is 0 Å². The molecule has 0 aromatic heterocycles. The molecule has 0 spiro atoms. The normalized spacial score (nSPS) is 24.4. The van der Waals surface area contributed by atoms with Crippen molar-refractivity contribution in [1.82, 2.24) is 9.80 Å². The van der Waals surface area contributed by atoms with Crippen molar-refractivity contribution in [3.8, 4) is 11.5 Å². The molecule has 7 nitrogen and oxygen atoms in total. The first-order valence-electron chi connectivity index (χ1n) is 10.8. The summed E-state index contributed by atoms with van der Waals surface area (Å²) in [7, 11) is 0. The Morgan fingerprint density at radius 3 is 2.72 bits per heavy atom. The van der Waals surface area contributed by atoms with E-state index in [2.05, 4.69) is 11.0 Å². The SMILES string of the molecule is CCOC(=O)[C@@H]1CCCCN1C(=O)CN1CCC[C@H]1c1ccc2c(c1)OCCO2. The first-order chi connectivity index (χ1) is 14.2. The first-order valence-corrected chi connectivity index (χ1v) is 10.8. The van der Waals surface area contributed by atoms with E-state index >= 15 is 0 Å². The maximum atomic E-state index is 13.1. The van der Waals surface area contributed by atoms with Gasteiger partial charge in [0.25, 0.3) is 0 Å². The minimum Gasteiger partial charge on any atom is -0.486 e. The molecule has 1 aromatic carbocycles. The minimum atomic E-state index is -0.438. The molecule has 2 atom stereocenters. The second kappa shape index (κ2) is 9.03. The molecule has 0 radical (unpaired) electrons. The lowest BCUT2D eigenvalue weighted by atomic mass is 10.0. The highest BCUT2D eigenvalue weighted by Crippen LogP contribution is 2.38. The van der Waals surface area contributed by atoms with Crippen LogP contribution in [0.25, 0.3) is 0 Å². The maximum absolute atomic E-state index is 13.1. The Balaban J connectivity index is 1.45. The predicted octanol–water partition coefficient (Wildman–Crippen LogP) is 2.54. The van der Waals surface area contributed by atoms with Gasteiger partial charge in [0, 0.05) is 12.6 Å². The van der Waals surface area contributed by atoms with Gasteiger partial charge in [-0.05, 0) is 63.3 Å². The molecular formula is C22H30N2O5. The molecule has 29 heavy (non-hydrogen) atoms. The summed E-state index contributed by atoms with van der Waals surface area (Å²) in [6.45, 7) is 5.12. The third kappa shape index (κ3) is 4.34. The van der Waals surface area contributed by atoms with E-state index < -0.39 is 6.04 Å². The zero-order valence-corrected chi connectivity index (χ0v) is 17.1. The molecule has 3 aliphatic rings. The van der Waals surface area contributed by atoms with E-state index in [1.807, 2.05) is 12.1 Å². The Morgan fingerprint density at radius 1 is 1.07 bits per heavy atom. The topological polar surface area (TPSA) is 68.3 Å². The maximum Gasteiger partial charge on any atom is 0.328 e. The summed E-state index contributed by atoms with van der Waals surface area (Å²) in [6, 6.07) is 5.82. The number of nitrogens with zero attached hydrogens (tertiary/aromatic N) is 2. The Morgan fingerprint density at radius 2 is 1.90 bits per heavy atom. The van der Waals surface area contributed by atoms with E-state index in [1.165, 1.54) is 0 Å². The van der Waals surface area contributed by atoms with E-state index in [9.17, 15) is 9.59 Å². The second-order valence-corrected chi connectivity index (χ2v) is 7.88. The van der Waals surface area contributed by atoms with Crippen LogP contribution in [0.4, 0.5) is 0 Å². The van der Waals surface area contributed by atoms with Gasteiger partial charge in [-0.3, -0.25) is 9.69 Å². The summed E-state index contributed by atoms with van der Waals surface area (Å²) in [4.78, 5) is 29.4. The van der Waals surface area contributed by atoms with Gasteiger partial charge in [0.2, 0.25) is 5.91 Å². The van der Waals surface area contributed by atoms with Crippen LogP contribution >= 0.6 is 0 Å². The van der Waals surface area contributed by atoms with Crippen molar-refractivity contribution in [2.24, 2.45) is 0 Å². The zero-order chi connectivity index (χ0) is 20.2. The van der Waals surface area contributed by atoms with Gasteiger partial charge in [-0.15, -0.1) is 0 Å². The average Bonchev–Trinajstić information content (AvgIpc) is 3.21.